The van der Waals surface area contributed by atoms with Crippen LogP contribution in [0.25, 0.3) is 11.1 Å². The summed E-state index contributed by atoms with van der Waals surface area (Å²) in [6, 6.07) is 6.25. The van der Waals surface area contributed by atoms with Gasteiger partial charge in [0.15, 0.2) is 0 Å². The first-order chi connectivity index (χ1) is 9.74. The Morgan fingerprint density at radius 2 is 1.43 bits per heavy atom. The molecule has 0 aliphatic rings. The Morgan fingerprint density at radius 1 is 0.810 bits per heavy atom. The normalized spacial score (nSPS) is 11.8. The third-order valence-electron chi connectivity index (χ3n) is 2.88. The minimum absolute atomic E-state index is 0.0875. The lowest BCUT2D eigenvalue weighted by atomic mass is 9.98. The van der Waals surface area contributed by atoms with Crippen molar-refractivity contribution in [1.29, 1.82) is 0 Å². The molecule has 0 saturated heterocycles. The number of rotatable bonds is 2. The zero-order valence-electron chi connectivity index (χ0n) is 10.2. The molecule has 0 radical (unpaired) electrons. The van der Waals surface area contributed by atoms with Crippen molar-refractivity contribution < 1.29 is 13.2 Å². The molecule has 0 aliphatic carbocycles. The minimum atomic E-state index is -4.43. The van der Waals surface area contributed by atoms with E-state index in [1.54, 1.807) is 0 Å². The molecule has 0 nitrogen and oxygen atoms in total. The van der Waals surface area contributed by atoms with E-state index in [4.69, 9.17) is 46.4 Å². The fourth-order valence-electron chi connectivity index (χ4n) is 1.87. The Balaban J connectivity index is 2.62. The zero-order chi connectivity index (χ0) is 15.8. The van der Waals surface area contributed by atoms with Crippen LogP contribution in [0.3, 0.4) is 0 Å². The highest BCUT2D eigenvalue weighted by Gasteiger charge is 2.31. The number of benzene rings is 2. The molecule has 0 spiro atoms. The van der Waals surface area contributed by atoms with Crippen molar-refractivity contribution in [1.82, 2.24) is 0 Å². The van der Waals surface area contributed by atoms with Crippen molar-refractivity contribution in [2.75, 3.05) is 0 Å². The van der Waals surface area contributed by atoms with Crippen molar-refractivity contribution in [2.24, 2.45) is 0 Å². The highest BCUT2D eigenvalue weighted by Crippen LogP contribution is 2.39. The molecule has 2 rings (SSSR count). The molecule has 0 N–H and O–H groups in total. The monoisotopic (exact) mass is 372 g/mol. The maximum Gasteiger partial charge on any atom is 0.416 e. The largest absolute Gasteiger partial charge is 0.416 e. The lowest BCUT2D eigenvalue weighted by Crippen LogP contribution is -2.05. The average molecular weight is 374 g/mol. The molecule has 2 aromatic carbocycles. The molecule has 0 bridgehead atoms. The van der Waals surface area contributed by atoms with Gasteiger partial charge in [0.05, 0.1) is 15.6 Å². The summed E-state index contributed by atoms with van der Waals surface area (Å²) in [5, 5.41) is 0.816. The predicted molar refractivity (Wildman–Crippen MR) is 81.5 cm³/mol. The Bertz CT molecular complexity index is 681. The molecule has 0 unspecified atom stereocenters. The number of alkyl halides is 4. The molecule has 7 heteroatoms. The second-order valence-electron chi connectivity index (χ2n) is 4.25. The summed E-state index contributed by atoms with van der Waals surface area (Å²) in [7, 11) is 0. The number of halogens is 7. The van der Waals surface area contributed by atoms with Crippen LogP contribution in [0, 0.1) is 0 Å². The summed E-state index contributed by atoms with van der Waals surface area (Å²) in [5.74, 6) is -0.0875. The van der Waals surface area contributed by atoms with Gasteiger partial charge in [0.2, 0.25) is 0 Å². The van der Waals surface area contributed by atoms with Crippen molar-refractivity contribution in [2.45, 2.75) is 12.1 Å². The summed E-state index contributed by atoms with van der Waals surface area (Å²) in [4.78, 5) is 0. The summed E-state index contributed by atoms with van der Waals surface area (Å²) in [6.07, 6.45) is -4.43. The smallest absolute Gasteiger partial charge is 0.166 e. The van der Waals surface area contributed by atoms with Gasteiger partial charge in [0, 0.05) is 16.5 Å². The third kappa shape index (κ3) is 3.59. The van der Waals surface area contributed by atoms with E-state index in [1.165, 1.54) is 18.2 Å². The van der Waals surface area contributed by atoms with Crippen LogP contribution in [0.5, 0.6) is 0 Å². The molecule has 0 atom stereocenters. The van der Waals surface area contributed by atoms with Gasteiger partial charge in [0.1, 0.15) is 0 Å². The van der Waals surface area contributed by atoms with Gasteiger partial charge >= 0.3 is 6.18 Å². The molecule has 2 aromatic rings. The van der Waals surface area contributed by atoms with Gasteiger partial charge in [-0.25, -0.2) is 0 Å². The molecule has 0 heterocycles. The fraction of sp³-hybridized carbons (Fsp3) is 0.143. The molecule has 0 fully saturated rings. The molecule has 0 amide bonds. The predicted octanol–water partition coefficient (Wildman–Crippen LogP) is 7.07. The van der Waals surface area contributed by atoms with Crippen molar-refractivity contribution >= 4 is 46.4 Å². The van der Waals surface area contributed by atoms with E-state index in [0.29, 0.717) is 16.7 Å². The highest BCUT2D eigenvalue weighted by molar-refractivity contribution is 6.44. The molecule has 21 heavy (non-hydrogen) atoms. The van der Waals surface area contributed by atoms with Gasteiger partial charge in [-0.2, -0.15) is 13.2 Å². The Morgan fingerprint density at radius 3 is 2.00 bits per heavy atom. The second-order valence-corrected chi connectivity index (χ2v) is 5.74. The molecule has 0 aliphatic heterocycles. The molecular formula is C14H7Cl4F3. The van der Waals surface area contributed by atoms with E-state index >= 15 is 0 Å². The van der Waals surface area contributed by atoms with Gasteiger partial charge in [0.25, 0.3) is 0 Å². The topological polar surface area (TPSA) is 0 Å². The second kappa shape index (κ2) is 6.25. The van der Waals surface area contributed by atoms with Crippen molar-refractivity contribution in [3.05, 3.63) is 56.5 Å². The first-order valence-electron chi connectivity index (χ1n) is 5.65. The Hall–Kier alpha value is -0.610. The van der Waals surface area contributed by atoms with Gasteiger partial charge in [-0.3, -0.25) is 0 Å². The number of hydrogen-bond acceptors (Lipinski definition) is 0. The lowest BCUT2D eigenvalue weighted by molar-refractivity contribution is -0.137. The summed E-state index contributed by atoms with van der Waals surface area (Å²) < 4.78 is 38.2. The van der Waals surface area contributed by atoms with Gasteiger partial charge in [-0.1, -0.05) is 40.9 Å². The van der Waals surface area contributed by atoms with E-state index in [-0.39, 0.29) is 20.9 Å². The fourth-order valence-corrected chi connectivity index (χ4v) is 2.74. The lowest BCUT2D eigenvalue weighted by Gasteiger charge is -2.14. The van der Waals surface area contributed by atoms with Gasteiger partial charge in [-0.15, -0.1) is 11.6 Å². The van der Waals surface area contributed by atoms with Crippen LogP contribution in [0.1, 0.15) is 11.1 Å². The van der Waals surface area contributed by atoms with Crippen molar-refractivity contribution in [3.63, 3.8) is 0 Å². The van der Waals surface area contributed by atoms with E-state index in [2.05, 4.69) is 0 Å². The SMILES string of the molecule is FC(F)(F)c1ccc(-c2cc(Cl)c(Cl)cc2Cl)c(CCl)c1. The van der Waals surface area contributed by atoms with Crippen LogP contribution < -0.4 is 0 Å². The van der Waals surface area contributed by atoms with Crippen molar-refractivity contribution in [3.8, 4) is 11.1 Å². The summed E-state index contributed by atoms with van der Waals surface area (Å²) >= 11 is 23.6. The summed E-state index contributed by atoms with van der Waals surface area (Å²) in [6.45, 7) is 0. The average Bonchev–Trinajstić information content (AvgIpc) is 2.41. The van der Waals surface area contributed by atoms with Crippen LogP contribution >= 0.6 is 46.4 Å². The molecule has 0 aromatic heterocycles. The van der Waals surface area contributed by atoms with E-state index in [0.717, 1.165) is 12.1 Å². The van der Waals surface area contributed by atoms with Crippen LogP contribution in [-0.4, -0.2) is 0 Å². The van der Waals surface area contributed by atoms with Crippen LogP contribution in [-0.2, 0) is 12.1 Å². The zero-order valence-corrected chi connectivity index (χ0v) is 13.3. The Labute approximate surface area is 139 Å². The van der Waals surface area contributed by atoms with E-state index in [9.17, 15) is 13.2 Å². The Kier molecular flexibility index (Phi) is 4.99. The summed E-state index contributed by atoms with van der Waals surface area (Å²) in [5.41, 5.74) is 0.516. The van der Waals surface area contributed by atoms with E-state index in [1.807, 2.05) is 0 Å². The van der Waals surface area contributed by atoms with E-state index < -0.39 is 11.7 Å². The quantitative estimate of drug-likeness (QED) is 0.390. The van der Waals surface area contributed by atoms with Crippen LogP contribution in [0.4, 0.5) is 13.2 Å². The third-order valence-corrected chi connectivity index (χ3v) is 4.20. The molecule has 0 saturated carbocycles. The van der Waals surface area contributed by atoms with Crippen LogP contribution in [0.2, 0.25) is 15.1 Å². The highest BCUT2D eigenvalue weighted by atomic mass is 35.5. The first-order valence-corrected chi connectivity index (χ1v) is 7.32. The standard InChI is InChI=1S/C14H7Cl4F3/c15-6-7-3-8(14(19,20)21)1-2-9(7)10-4-12(17)13(18)5-11(10)16/h1-5H,6H2. The van der Waals surface area contributed by atoms with Gasteiger partial charge in [-0.05, 0) is 35.4 Å². The number of hydrogen-bond donors (Lipinski definition) is 0. The van der Waals surface area contributed by atoms with Gasteiger partial charge < -0.3 is 0 Å². The first kappa shape index (κ1) is 16.8. The van der Waals surface area contributed by atoms with Crippen LogP contribution in [0.15, 0.2) is 30.3 Å². The molecule has 112 valence electrons. The minimum Gasteiger partial charge on any atom is -0.166 e. The maximum absolute atomic E-state index is 12.7. The molecular weight excluding hydrogens is 367 g/mol. The maximum atomic E-state index is 12.7.